The monoisotopic (exact) mass is 238 g/mol. The highest BCUT2D eigenvalue weighted by Crippen LogP contribution is 2.21. The van der Waals surface area contributed by atoms with E-state index >= 15 is 0 Å². The van der Waals surface area contributed by atoms with Crippen molar-refractivity contribution in [2.24, 2.45) is 0 Å². The Hall–Kier alpha value is -0.280. The highest BCUT2D eigenvalue weighted by atomic mass is 16.7. The van der Waals surface area contributed by atoms with Crippen molar-refractivity contribution in [1.82, 2.24) is 0 Å². The van der Waals surface area contributed by atoms with Crippen LogP contribution in [0.3, 0.4) is 0 Å². The molecule has 96 valence electrons. The topological polar surface area (TPSA) is 120 Å². The predicted octanol–water partition coefficient (Wildman–Crippen LogP) is -2.82. The van der Waals surface area contributed by atoms with Crippen LogP contribution in [0.15, 0.2) is 0 Å². The first-order chi connectivity index (χ1) is 7.47. The Labute approximate surface area is 92.9 Å². The van der Waals surface area contributed by atoms with E-state index < -0.39 is 43.4 Å². The van der Waals surface area contributed by atoms with Crippen LogP contribution in [0.5, 0.6) is 0 Å². The Balaban J connectivity index is 2.47. The fourth-order valence-corrected chi connectivity index (χ4v) is 1.41. The molecule has 0 aromatic heterocycles. The van der Waals surface area contributed by atoms with Crippen molar-refractivity contribution in [3.8, 4) is 0 Å². The summed E-state index contributed by atoms with van der Waals surface area (Å²) < 4.78 is 10.1. The molecule has 0 saturated carbocycles. The highest BCUT2D eigenvalue weighted by Gasteiger charge is 2.42. The minimum absolute atomic E-state index is 0.228. The van der Waals surface area contributed by atoms with Gasteiger partial charge in [0.1, 0.15) is 24.4 Å². The summed E-state index contributed by atoms with van der Waals surface area (Å²) in [6.07, 6.45) is -6.82. The lowest BCUT2D eigenvalue weighted by atomic mass is 10.0. The largest absolute Gasteiger partial charge is 0.394 e. The Bertz CT molecular complexity index is 212. The van der Waals surface area contributed by atoms with Crippen LogP contribution in [-0.4, -0.2) is 75.6 Å². The fourth-order valence-electron chi connectivity index (χ4n) is 1.41. The minimum Gasteiger partial charge on any atom is -0.394 e. The van der Waals surface area contributed by atoms with Crippen LogP contribution in [0, 0.1) is 0 Å². The normalized spacial score (nSPS) is 42.0. The van der Waals surface area contributed by atoms with Crippen LogP contribution in [0.25, 0.3) is 0 Å². The van der Waals surface area contributed by atoms with E-state index in [1.807, 2.05) is 0 Å². The van der Waals surface area contributed by atoms with Crippen molar-refractivity contribution < 1.29 is 35.0 Å². The molecule has 1 aliphatic rings. The van der Waals surface area contributed by atoms with Gasteiger partial charge in [0, 0.05) is 0 Å². The summed E-state index contributed by atoms with van der Waals surface area (Å²) in [7, 11) is 0. The zero-order valence-corrected chi connectivity index (χ0v) is 8.93. The molecular formula is C9H18O7. The number of ether oxygens (including phenoxy) is 2. The molecule has 6 atom stereocenters. The van der Waals surface area contributed by atoms with Crippen molar-refractivity contribution in [2.75, 3.05) is 13.2 Å². The molecule has 16 heavy (non-hydrogen) atoms. The Morgan fingerprint density at radius 2 is 1.81 bits per heavy atom. The maximum Gasteiger partial charge on any atom is 0.186 e. The van der Waals surface area contributed by atoms with Gasteiger partial charge in [0.25, 0.3) is 0 Å². The molecular weight excluding hydrogens is 220 g/mol. The molecule has 0 aromatic rings. The zero-order valence-electron chi connectivity index (χ0n) is 8.93. The Morgan fingerprint density at radius 1 is 1.19 bits per heavy atom. The van der Waals surface area contributed by atoms with Crippen molar-refractivity contribution in [3.05, 3.63) is 0 Å². The molecule has 1 aliphatic heterocycles. The summed E-state index contributed by atoms with van der Waals surface area (Å²) in [6.45, 7) is 0.829. The molecule has 7 nitrogen and oxygen atoms in total. The van der Waals surface area contributed by atoms with E-state index in [0.29, 0.717) is 0 Å². The summed E-state index contributed by atoms with van der Waals surface area (Å²) in [6, 6.07) is 0. The molecule has 5 N–H and O–H groups in total. The molecule has 1 fully saturated rings. The second kappa shape index (κ2) is 5.87. The van der Waals surface area contributed by atoms with E-state index in [0.717, 1.165) is 0 Å². The molecule has 0 unspecified atom stereocenters. The standard InChI is InChI=1S/C9H18O7/c1-4-6(12)7(13)8(14)9(16-4)15-3-5(11)2-10/h4-14H,2-3H2,1H3/t4-,5+,6+,7+,8-,9+/m0/s1. The molecule has 0 amide bonds. The summed E-state index contributed by atoms with van der Waals surface area (Å²) >= 11 is 0. The third-order valence-electron chi connectivity index (χ3n) is 2.47. The lowest BCUT2D eigenvalue weighted by Crippen LogP contribution is -2.57. The second-order valence-corrected chi connectivity index (χ2v) is 3.85. The van der Waals surface area contributed by atoms with Crippen LogP contribution in [0.2, 0.25) is 0 Å². The number of hydrogen-bond acceptors (Lipinski definition) is 7. The van der Waals surface area contributed by atoms with Crippen molar-refractivity contribution in [3.63, 3.8) is 0 Å². The average molecular weight is 238 g/mol. The van der Waals surface area contributed by atoms with Gasteiger partial charge < -0.3 is 35.0 Å². The second-order valence-electron chi connectivity index (χ2n) is 3.85. The maximum absolute atomic E-state index is 9.51. The minimum atomic E-state index is -1.39. The number of aliphatic hydroxyl groups excluding tert-OH is 5. The van der Waals surface area contributed by atoms with Gasteiger partial charge in [-0.25, -0.2) is 0 Å². The smallest absolute Gasteiger partial charge is 0.186 e. The van der Waals surface area contributed by atoms with Crippen LogP contribution in [0.4, 0.5) is 0 Å². The zero-order chi connectivity index (χ0) is 12.3. The van der Waals surface area contributed by atoms with Crippen LogP contribution in [0.1, 0.15) is 6.92 Å². The van der Waals surface area contributed by atoms with Crippen molar-refractivity contribution in [2.45, 2.75) is 43.7 Å². The van der Waals surface area contributed by atoms with E-state index in [1.54, 1.807) is 0 Å². The summed E-state index contributed by atoms with van der Waals surface area (Å²) in [5.41, 5.74) is 0. The van der Waals surface area contributed by atoms with Gasteiger partial charge in [0.2, 0.25) is 0 Å². The van der Waals surface area contributed by atoms with Crippen LogP contribution >= 0.6 is 0 Å². The molecule has 0 aromatic carbocycles. The fraction of sp³-hybridized carbons (Fsp3) is 1.00. The lowest BCUT2D eigenvalue weighted by Gasteiger charge is -2.39. The van der Waals surface area contributed by atoms with Gasteiger partial charge in [-0.1, -0.05) is 0 Å². The predicted molar refractivity (Wildman–Crippen MR) is 51.4 cm³/mol. The van der Waals surface area contributed by atoms with E-state index in [4.69, 9.17) is 19.7 Å². The third-order valence-corrected chi connectivity index (χ3v) is 2.47. The van der Waals surface area contributed by atoms with Gasteiger partial charge >= 0.3 is 0 Å². The van der Waals surface area contributed by atoms with Crippen LogP contribution < -0.4 is 0 Å². The molecule has 0 aliphatic carbocycles. The van der Waals surface area contributed by atoms with Crippen molar-refractivity contribution >= 4 is 0 Å². The number of hydrogen-bond donors (Lipinski definition) is 5. The number of aliphatic hydroxyl groups is 5. The van der Waals surface area contributed by atoms with Gasteiger partial charge in [-0.3, -0.25) is 0 Å². The van der Waals surface area contributed by atoms with E-state index in [9.17, 15) is 15.3 Å². The first-order valence-corrected chi connectivity index (χ1v) is 5.07. The third kappa shape index (κ3) is 3.11. The molecule has 7 heteroatoms. The van der Waals surface area contributed by atoms with Crippen LogP contribution in [-0.2, 0) is 9.47 Å². The molecule has 0 spiro atoms. The highest BCUT2D eigenvalue weighted by molar-refractivity contribution is 4.87. The summed E-state index contributed by atoms with van der Waals surface area (Å²) in [5, 5.41) is 45.9. The quantitative estimate of drug-likeness (QED) is 0.358. The lowest BCUT2D eigenvalue weighted by molar-refractivity contribution is -0.297. The van der Waals surface area contributed by atoms with E-state index in [1.165, 1.54) is 6.92 Å². The maximum atomic E-state index is 9.51. The molecule has 1 saturated heterocycles. The average Bonchev–Trinajstić information content (AvgIpc) is 2.28. The SMILES string of the molecule is C[C@@H]1O[C@@H](OC[C@H](O)CO)[C@@H](O)[C@H](O)[C@@H]1O. The Kier molecular flexibility index (Phi) is 5.06. The van der Waals surface area contributed by atoms with Crippen molar-refractivity contribution in [1.29, 1.82) is 0 Å². The number of rotatable bonds is 4. The van der Waals surface area contributed by atoms with E-state index in [2.05, 4.69) is 0 Å². The van der Waals surface area contributed by atoms with Gasteiger partial charge in [-0.05, 0) is 6.92 Å². The first-order valence-electron chi connectivity index (χ1n) is 5.07. The van der Waals surface area contributed by atoms with Gasteiger partial charge in [0.15, 0.2) is 6.29 Å². The summed E-state index contributed by atoms with van der Waals surface area (Å²) in [4.78, 5) is 0. The van der Waals surface area contributed by atoms with Gasteiger partial charge in [-0.15, -0.1) is 0 Å². The molecule has 0 bridgehead atoms. The summed E-state index contributed by atoms with van der Waals surface area (Å²) in [5.74, 6) is 0. The molecule has 1 rings (SSSR count). The van der Waals surface area contributed by atoms with E-state index in [-0.39, 0.29) is 6.61 Å². The molecule has 1 heterocycles. The van der Waals surface area contributed by atoms with Gasteiger partial charge in [-0.2, -0.15) is 0 Å². The Morgan fingerprint density at radius 3 is 2.38 bits per heavy atom. The van der Waals surface area contributed by atoms with Gasteiger partial charge in [0.05, 0.1) is 19.3 Å². The first kappa shape index (κ1) is 13.8. The molecule has 0 radical (unpaired) electrons.